The summed E-state index contributed by atoms with van der Waals surface area (Å²) in [5, 5.41) is 21.1. The van der Waals surface area contributed by atoms with Crippen LogP contribution in [0.2, 0.25) is 0 Å². The molecule has 0 radical (unpaired) electrons. The lowest BCUT2D eigenvalue weighted by Gasteiger charge is -2.34. The molecule has 0 aliphatic carbocycles. The van der Waals surface area contributed by atoms with E-state index < -0.39 is 6.17 Å². The number of fused-ring (bicyclic) bond motifs is 2. The van der Waals surface area contributed by atoms with E-state index in [0.717, 1.165) is 21.7 Å². The number of amides is 1. The molecular formula is C24H20N4O2S. The van der Waals surface area contributed by atoms with E-state index in [4.69, 9.17) is 10.1 Å². The molecule has 2 N–H and O–H groups in total. The van der Waals surface area contributed by atoms with Gasteiger partial charge in [0.1, 0.15) is 11.4 Å². The Labute approximate surface area is 183 Å². The second kappa shape index (κ2) is 7.92. The summed E-state index contributed by atoms with van der Waals surface area (Å²) in [4.78, 5) is 18.0. The Morgan fingerprint density at radius 1 is 1.03 bits per heavy atom. The van der Waals surface area contributed by atoms with Gasteiger partial charge in [0.05, 0.1) is 5.36 Å². The molecule has 1 unspecified atom stereocenters. The largest absolute Gasteiger partial charge is 0.508 e. The lowest BCUT2D eigenvalue weighted by molar-refractivity contribution is -0.116. The van der Waals surface area contributed by atoms with E-state index in [-0.39, 0.29) is 11.7 Å². The summed E-state index contributed by atoms with van der Waals surface area (Å²) >= 11 is 1.48. The molecule has 2 aliphatic rings. The number of aromatic hydroxyl groups is 1. The van der Waals surface area contributed by atoms with Gasteiger partial charge in [-0.1, -0.05) is 71.9 Å². The van der Waals surface area contributed by atoms with Crippen LogP contribution in [0.4, 0.5) is 0 Å². The first-order valence-electron chi connectivity index (χ1n) is 9.92. The Morgan fingerprint density at radius 3 is 2.55 bits per heavy atom. The average Bonchev–Trinajstić information content (AvgIpc) is 2.78. The van der Waals surface area contributed by atoms with E-state index in [1.54, 1.807) is 29.3 Å². The topological polar surface area (TPSA) is 77.3 Å². The van der Waals surface area contributed by atoms with Crippen molar-refractivity contribution in [2.75, 3.05) is 0 Å². The number of nitrogens with zero attached hydrogens (tertiary/aromatic N) is 3. The third-order valence-corrected chi connectivity index (χ3v) is 6.14. The number of nitrogens with one attached hydrogen (secondary N) is 1. The van der Waals surface area contributed by atoms with Crippen LogP contribution in [0.1, 0.15) is 22.9 Å². The molecule has 3 aromatic carbocycles. The molecule has 1 amide bonds. The zero-order valence-corrected chi connectivity index (χ0v) is 17.6. The number of phenolic OH excluding ortho intramolecular Hbond substituents is 1. The molecule has 6 nitrogen and oxygen atoms in total. The van der Waals surface area contributed by atoms with Crippen molar-refractivity contribution in [3.63, 3.8) is 0 Å². The second-order valence-electron chi connectivity index (χ2n) is 7.44. The number of benzene rings is 3. The monoisotopic (exact) mass is 428 g/mol. The number of hydrazone groups is 1. The lowest BCUT2D eigenvalue weighted by atomic mass is 10.1. The standard InChI is InChI=1S/C24H20N4O2S/c1-15-6-8-16(9-7-15)14-31-24-26-23(30)21-19-4-2-3-5-20(19)25-22(28(21)27-24)17-10-12-18(29)13-11-17/h2-13,22,29H,14H2,1H3,(H,26,27,30). The number of carbonyl (C=O) groups is 1. The van der Waals surface area contributed by atoms with Crippen LogP contribution in [-0.2, 0) is 10.5 Å². The Balaban J connectivity index is 1.54. The molecule has 0 saturated carbocycles. The van der Waals surface area contributed by atoms with E-state index in [1.807, 2.05) is 24.3 Å². The first kappa shape index (κ1) is 19.4. The number of amidine groups is 1. The number of carbonyl (C=O) groups excluding carboxylic acids is 1. The smallest absolute Gasteiger partial charge is 0.276 e. The van der Waals surface area contributed by atoms with E-state index in [9.17, 15) is 9.90 Å². The number of hydrogen-bond donors (Lipinski definition) is 2. The van der Waals surface area contributed by atoms with Crippen LogP contribution >= 0.6 is 11.8 Å². The van der Waals surface area contributed by atoms with E-state index in [2.05, 4.69) is 36.5 Å². The van der Waals surface area contributed by atoms with Crippen LogP contribution in [0.25, 0.3) is 5.70 Å². The van der Waals surface area contributed by atoms with Crippen molar-refractivity contribution in [1.29, 1.82) is 0 Å². The van der Waals surface area contributed by atoms with Crippen LogP contribution in [0.15, 0.2) is 82.9 Å². The fourth-order valence-electron chi connectivity index (χ4n) is 3.59. The van der Waals surface area contributed by atoms with Crippen molar-refractivity contribution >= 4 is 28.5 Å². The summed E-state index contributed by atoms with van der Waals surface area (Å²) in [6.07, 6.45) is -0.494. The molecule has 2 aliphatic heterocycles. The van der Waals surface area contributed by atoms with Gasteiger partial charge in [0.2, 0.25) is 0 Å². The molecule has 0 spiro atoms. The minimum atomic E-state index is -0.494. The minimum absolute atomic E-state index is 0.179. The SMILES string of the molecule is Cc1ccc(CSC2=NN3C(=c4ccccc4=NC3c3ccc(O)cc3)C(=O)N2)cc1. The molecule has 7 heteroatoms. The fraction of sp³-hybridized carbons (Fsp3) is 0.125. The van der Waals surface area contributed by atoms with Gasteiger partial charge in [-0.25, -0.2) is 5.01 Å². The summed E-state index contributed by atoms with van der Waals surface area (Å²) < 4.78 is 0. The van der Waals surface area contributed by atoms with E-state index in [0.29, 0.717) is 16.6 Å². The maximum atomic E-state index is 13.1. The maximum absolute atomic E-state index is 13.1. The van der Waals surface area contributed by atoms with Gasteiger partial charge in [-0.3, -0.25) is 15.1 Å². The molecule has 31 heavy (non-hydrogen) atoms. The zero-order chi connectivity index (χ0) is 21.4. The first-order chi connectivity index (χ1) is 15.1. The predicted molar refractivity (Wildman–Crippen MR) is 121 cm³/mol. The van der Waals surface area contributed by atoms with Gasteiger partial charge in [0.25, 0.3) is 5.91 Å². The Kier molecular flexibility index (Phi) is 4.95. The Hall–Kier alpha value is -3.58. The first-order valence-corrected chi connectivity index (χ1v) is 10.9. The maximum Gasteiger partial charge on any atom is 0.276 e. The third kappa shape index (κ3) is 3.80. The molecule has 1 atom stereocenters. The highest BCUT2D eigenvalue weighted by Crippen LogP contribution is 2.31. The molecule has 0 fully saturated rings. The van der Waals surface area contributed by atoms with Gasteiger partial charge in [0.15, 0.2) is 11.3 Å². The van der Waals surface area contributed by atoms with Gasteiger partial charge < -0.3 is 5.11 Å². The normalized spacial score (nSPS) is 17.3. The predicted octanol–water partition coefficient (Wildman–Crippen LogP) is 2.78. The molecular weight excluding hydrogens is 408 g/mol. The highest BCUT2D eigenvalue weighted by Gasteiger charge is 2.34. The summed E-state index contributed by atoms with van der Waals surface area (Å²) in [5.41, 5.74) is 3.68. The molecule has 3 aromatic rings. The van der Waals surface area contributed by atoms with Gasteiger partial charge in [-0.15, -0.1) is 5.10 Å². The number of aryl methyl sites for hydroxylation is 1. The molecule has 0 aromatic heterocycles. The summed E-state index contributed by atoms with van der Waals surface area (Å²) in [6, 6.07) is 22.7. The second-order valence-corrected chi connectivity index (χ2v) is 8.40. The Morgan fingerprint density at radius 2 is 1.77 bits per heavy atom. The highest BCUT2D eigenvalue weighted by atomic mass is 32.2. The van der Waals surface area contributed by atoms with Crippen molar-refractivity contribution in [3.8, 4) is 5.75 Å². The third-order valence-electron chi connectivity index (χ3n) is 5.20. The lowest BCUT2D eigenvalue weighted by Crippen LogP contribution is -2.50. The summed E-state index contributed by atoms with van der Waals surface area (Å²) in [7, 11) is 0. The number of rotatable bonds is 3. The quantitative estimate of drug-likeness (QED) is 0.673. The van der Waals surface area contributed by atoms with Crippen LogP contribution in [-0.4, -0.2) is 21.2 Å². The van der Waals surface area contributed by atoms with E-state index in [1.165, 1.54) is 17.3 Å². The van der Waals surface area contributed by atoms with Crippen molar-refractivity contribution in [2.24, 2.45) is 10.1 Å². The van der Waals surface area contributed by atoms with Crippen molar-refractivity contribution < 1.29 is 9.90 Å². The number of para-hydroxylation sites is 1. The van der Waals surface area contributed by atoms with Gasteiger partial charge >= 0.3 is 0 Å². The average molecular weight is 429 g/mol. The van der Waals surface area contributed by atoms with Crippen LogP contribution in [0.3, 0.4) is 0 Å². The molecule has 154 valence electrons. The Bertz CT molecular complexity index is 1300. The summed E-state index contributed by atoms with van der Waals surface area (Å²) in [5.74, 6) is 0.672. The van der Waals surface area contributed by atoms with Gasteiger partial charge in [-0.05, 0) is 36.2 Å². The zero-order valence-electron chi connectivity index (χ0n) is 16.8. The fourth-order valence-corrected chi connectivity index (χ4v) is 4.40. The van der Waals surface area contributed by atoms with Crippen LogP contribution < -0.4 is 15.9 Å². The number of thioether (sulfide) groups is 1. The molecule has 0 saturated heterocycles. The molecule has 5 rings (SSSR count). The molecule has 0 bridgehead atoms. The number of hydrogen-bond acceptors (Lipinski definition) is 6. The van der Waals surface area contributed by atoms with Gasteiger partial charge in [-0.2, -0.15) is 0 Å². The highest BCUT2D eigenvalue weighted by molar-refractivity contribution is 8.13. The van der Waals surface area contributed by atoms with Crippen molar-refractivity contribution in [2.45, 2.75) is 18.8 Å². The van der Waals surface area contributed by atoms with Gasteiger partial charge in [0, 0.05) is 11.0 Å². The van der Waals surface area contributed by atoms with Crippen molar-refractivity contribution in [3.05, 3.63) is 100 Å². The minimum Gasteiger partial charge on any atom is -0.508 e. The molecule has 2 heterocycles. The van der Waals surface area contributed by atoms with E-state index >= 15 is 0 Å². The van der Waals surface area contributed by atoms with Crippen LogP contribution in [0, 0.1) is 6.92 Å². The van der Waals surface area contributed by atoms with Crippen molar-refractivity contribution in [1.82, 2.24) is 10.3 Å². The summed E-state index contributed by atoms with van der Waals surface area (Å²) in [6.45, 7) is 2.06. The van der Waals surface area contributed by atoms with Crippen LogP contribution in [0.5, 0.6) is 5.75 Å². The number of phenols is 1.